The van der Waals surface area contributed by atoms with E-state index >= 15 is 0 Å². The van der Waals surface area contributed by atoms with Crippen LogP contribution in [0.5, 0.6) is 5.75 Å². The maximum Gasteiger partial charge on any atom is 0.316 e. The highest BCUT2D eigenvalue weighted by molar-refractivity contribution is 6.16. The summed E-state index contributed by atoms with van der Waals surface area (Å²) in [6.45, 7) is 6.04. The van der Waals surface area contributed by atoms with Gasteiger partial charge in [-0.25, -0.2) is 0 Å². The molecule has 0 spiro atoms. The summed E-state index contributed by atoms with van der Waals surface area (Å²) in [6.07, 6.45) is 1.35. The molecule has 1 atom stereocenters. The Morgan fingerprint density at radius 1 is 0.875 bits per heavy atom. The number of nitrogens with zero attached hydrogens (tertiary/aromatic N) is 2. The van der Waals surface area contributed by atoms with Crippen LogP contribution in [0.15, 0.2) is 36.4 Å². The van der Waals surface area contributed by atoms with Crippen LogP contribution >= 0.6 is 0 Å². The van der Waals surface area contributed by atoms with E-state index in [1.807, 2.05) is 32.0 Å². The van der Waals surface area contributed by atoms with Gasteiger partial charge >= 0.3 is 5.97 Å². The van der Waals surface area contributed by atoms with Crippen LogP contribution < -0.4 is 14.5 Å². The summed E-state index contributed by atoms with van der Waals surface area (Å²) >= 11 is 0. The number of hydrogen-bond acceptors (Lipinski definition) is 5. The third-order valence-corrected chi connectivity index (χ3v) is 6.17. The summed E-state index contributed by atoms with van der Waals surface area (Å²) < 4.78 is 5.54. The van der Waals surface area contributed by atoms with Crippen molar-refractivity contribution in [2.24, 2.45) is 5.92 Å². The Morgan fingerprint density at radius 3 is 2.25 bits per heavy atom. The highest BCUT2D eigenvalue weighted by Crippen LogP contribution is 2.31. The maximum atomic E-state index is 12.7. The number of imide groups is 1. The molecule has 166 valence electrons. The van der Waals surface area contributed by atoms with Crippen molar-refractivity contribution in [2.75, 3.05) is 16.3 Å². The Kier molecular flexibility index (Phi) is 5.82. The van der Waals surface area contributed by atoms with Crippen molar-refractivity contribution in [1.82, 2.24) is 0 Å². The van der Waals surface area contributed by atoms with Gasteiger partial charge in [0.05, 0.1) is 11.6 Å². The Bertz CT molecular complexity index is 1110. The first-order valence-electron chi connectivity index (χ1n) is 10.8. The lowest BCUT2D eigenvalue weighted by Gasteiger charge is -2.26. The van der Waals surface area contributed by atoms with Crippen LogP contribution in [0, 0.1) is 26.7 Å². The molecule has 2 heterocycles. The maximum absolute atomic E-state index is 12.7. The molecule has 0 unspecified atom stereocenters. The van der Waals surface area contributed by atoms with Gasteiger partial charge in [-0.2, -0.15) is 0 Å². The van der Waals surface area contributed by atoms with Gasteiger partial charge in [-0.15, -0.1) is 0 Å². The normalized spacial score (nSPS) is 19.0. The molecular weight excluding hydrogens is 408 g/mol. The average Bonchev–Trinajstić information content (AvgIpc) is 3.13. The Hall–Kier alpha value is -3.48. The molecule has 2 aromatic carbocycles. The van der Waals surface area contributed by atoms with Crippen LogP contribution in [0.3, 0.4) is 0 Å². The summed E-state index contributed by atoms with van der Waals surface area (Å²) in [4.78, 5) is 52.5. The Balaban J connectivity index is 1.45. The van der Waals surface area contributed by atoms with Crippen LogP contribution in [0.25, 0.3) is 0 Å². The number of amides is 3. The largest absolute Gasteiger partial charge is 0.426 e. The summed E-state index contributed by atoms with van der Waals surface area (Å²) in [7, 11) is 0. The monoisotopic (exact) mass is 434 g/mol. The van der Waals surface area contributed by atoms with E-state index in [9.17, 15) is 19.2 Å². The number of hydrogen-bond donors (Lipinski definition) is 0. The molecule has 3 amide bonds. The van der Waals surface area contributed by atoms with Gasteiger partial charge in [0.2, 0.25) is 17.7 Å². The number of piperidine rings is 1. The predicted molar refractivity (Wildman–Crippen MR) is 120 cm³/mol. The minimum absolute atomic E-state index is 0.0968. The van der Waals surface area contributed by atoms with Gasteiger partial charge in [0.1, 0.15) is 5.75 Å². The SMILES string of the molecule is Cc1ccc(N2C[C@H](C(=O)Oc3ccc(N4C(=O)CCCC4=O)c(C)c3)CC2=O)cc1C. The molecule has 0 aliphatic carbocycles. The van der Waals surface area contributed by atoms with Crippen LogP contribution in [0.1, 0.15) is 42.4 Å². The van der Waals surface area contributed by atoms with Crippen LogP contribution in [-0.4, -0.2) is 30.2 Å². The van der Waals surface area contributed by atoms with Crippen molar-refractivity contribution in [2.45, 2.75) is 46.5 Å². The zero-order valence-electron chi connectivity index (χ0n) is 18.5. The lowest BCUT2D eigenvalue weighted by molar-refractivity contribution is -0.139. The second-order valence-corrected chi connectivity index (χ2v) is 8.52. The first-order chi connectivity index (χ1) is 15.2. The average molecular weight is 434 g/mol. The lowest BCUT2D eigenvalue weighted by Crippen LogP contribution is -2.40. The van der Waals surface area contributed by atoms with Crippen LogP contribution in [0.2, 0.25) is 0 Å². The van der Waals surface area contributed by atoms with Gasteiger partial charge in [-0.3, -0.25) is 24.1 Å². The van der Waals surface area contributed by atoms with Crippen molar-refractivity contribution in [3.63, 3.8) is 0 Å². The van der Waals surface area contributed by atoms with E-state index in [1.54, 1.807) is 30.0 Å². The zero-order valence-corrected chi connectivity index (χ0v) is 18.5. The van der Waals surface area contributed by atoms with Crippen molar-refractivity contribution in [1.29, 1.82) is 0 Å². The molecule has 0 N–H and O–H groups in total. The molecule has 0 bridgehead atoms. The fourth-order valence-corrected chi connectivity index (χ4v) is 4.17. The van der Waals surface area contributed by atoms with E-state index in [0.29, 0.717) is 36.3 Å². The number of ether oxygens (including phenoxy) is 1. The molecule has 2 saturated heterocycles. The van der Waals surface area contributed by atoms with Gasteiger partial charge in [0.15, 0.2) is 0 Å². The van der Waals surface area contributed by atoms with Crippen LogP contribution in [0.4, 0.5) is 11.4 Å². The molecule has 0 saturated carbocycles. The number of carbonyl (C=O) groups excluding carboxylic acids is 4. The molecule has 2 aliphatic rings. The second-order valence-electron chi connectivity index (χ2n) is 8.52. The van der Waals surface area contributed by atoms with E-state index in [1.165, 1.54) is 4.90 Å². The lowest BCUT2D eigenvalue weighted by atomic mass is 10.1. The Labute approximate surface area is 187 Å². The summed E-state index contributed by atoms with van der Waals surface area (Å²) in [5, 5.41) is 0. The minimum atomic E-state index is -0.561. The molecule has 7 heteroatoms. The molecule has 0 aromatic heterocycles. The Morgan fingerprint density at radius 2 is 1.59 bits per heavy atom. The first-order valence-corrected chi connectivity index (χ1v) is 10.8. The molecule has 2 fully saturated rings. The van der Waals surface area contributed by atoms with Gasteiger partial charge in [0, 0.05) is 31.5 Å². The predicted octanol–water partition coefficient (Wildman–Crippen LogP) is 3.61. The van der Waals surface area contributed by atoms with E-state index in [-0.39, 0.29) is 30.7 Å². The fraction of sp³-hybridized carbons (Fsp3) is 0.360. The van der Waals surface area contributed by atoms with E-state index in [2.05, 4.69) is 0 Å². The number of aryl methyl sites for hydroxylation is 3. The third-order valence-electron chi connectivity index (χ3n) is 6.17. The topological polar surface area (TPSA) is 84.0 Å². The first kappa shape index (κ1) is 21.7. The minimum Gasteiger partial charge on any atom is -0.426 e. The van der Waals surface area contributed by atoms with E-state index < -0.39 is 11.9 Å². The van der Waals surface area contributed by atoms with E-state index in [4.69, 9.17) is 4.74 Å². The highest BCUT2D eigenvalue weighted by Gasteiger charge is 2.36. The molecular formula is C25H26N2O5. The van der Waals surface area contributed by atoms with Crippen molar-refractivity contribution >= 4 is 35.1 Å². The number of esters is 1. The van der Waals surface area contributed by atoms with Crippen molar-refractivity contribution in [3.05, 3.63) is 53.1 Å². The van der Waals surface area contributed by atoms with Crippen LogP contribution in [-0.2, 0) is 19.2 Å². The highest BCUT2D eigenvalue weighted by atomic mass is 16.5. The number of carbonyl (C=O) groups is 4. The standard InChI is InChI=1S/C25H26N2O5/c1-15-7-8-19(11-16(15)2)26-14-18(13-24(26)30)25(31)32-20-9-10-21(17(3)12-20)27-22(28)5-4-6-23(27)29/h7-12,18H,4-6,13-14H2,1-3H3/t18-/m1/s1. The zero-order chi connectivity index (χ0) is 23.0. The second kappa shape index (κ2) is 8.57. The molecule has 32 heavy (non-hydrogen) atoms. The summed E-state index contributed by atoms with van der Waals surface area (Å²) in [5.74, 6) is -1.25. The van der Waals surface area contributed by atoms with Crippen molar-refractivity contribution in [3.8, 4) is 5.75 Å². The summed E-state index contributed by atoms with van der Waals surface area (Å²) in [5.41, 5.74) is 4.18. The molecule has 2 aliphatic heterocycles. The number of benzene rings is 2. The quantitative estimate of drug-likeness (QED) is 0.417. The molecule has 7 nitrogen and oxygen atoms in total. The summed E-state index contributed by atoms with van der Waals surface area (Å²) in [6, 6.07) is 10.6. The number of anilines is 2. The van der Waals surface area contributed by atoms with Crippen molar-refractivity contribution < 1.29 is 23.9 Å². The third kappa shape index (κ3) is 4.15. The number of rotatable bonds is 4. The molecule has 4 rings (SSSR count). The van der Waals surface area contributed by atoms with Gasteiger partial charge < -0.3 is 9.64 Å². The fourth-order valence-electron chi connectivity index (χ4n) is 4.17. The smallest absolute Gasteiger partial charge is 0.316 e. The van der Waals surface area contributed by atoms with Gasteiger partial charge in [-0.05, 0) is 74.2 Å². The van der Waals surface area contributed by atoms with Gasteiger partial charge in [0.25, 0.3) is 0 Å². The molecule has 2 aromatic rings. The van der Waals surface area contributed by atoms with Gasteiger partial charge in [-0.1, -0.05) is 6.07 Å². The van der Waals surface area contributed by atoms with E-state index in [0.717, 1.165) is 16.8 Å². The molecule has 0 radical (unpaired) electrons.